The second-order valence-corrected chi connectivity index (χ2v) is 10.8. The lowest BCUT2D eigenvalue weighted by atomic mass is 10.0. The molecule has 1 N–H and O–H groups in total. The highest BCUT2D eigenvalue weighted by atomic mass is 35.5. The molecule has 0 unspecified atom stereocenters. The molecule has 2 amide bonds. The quantitative estimate of drug-likeness (QED) is 0.272. The van der Waals surface area contributed by atoms with E-state index in [0.717, 1.165) is 6.07 Å². The van der Waals surface area contributed by atoms with Gasteiger partial charge < -0.3 is 24.5 Å². The van der Waals surface area contributed by atoms with Crippen LogP contribution in [0.4, 0.5) is 14.6 Å². The van der Waals surface area contributed by atoms with Crippen LogP contribution in [0.15, 0.2) is 36.9 Å². The maximum absolute atomic E-state index is 16.2. The SMILES string of the molecule is C=CC(=O)N1CCN(c2nc(OC(=O)C(=O)N3CCSCC3)nc3c(F)c(-c4c(O)cccc4F)c(Cl)cc23)CC1. The van der Waals surface area contributed by atoms with Crippen molar-refractivity contribution in [1.82, 2.24) is 19.8 Å². The number of thioether (sulfide) groups is 1. The standard InChI is InChI=1S/C27H24ClF2N5O5S/c1-2-19(37)33-6-8-34(9-7-33)24-15-14-16(28)20(21-17(29)4-3-5-18(21)36)22(30)23(15)31-27(32-24)40-26(39)25(38)35-10-12-41-13-11-35/h2-5,14,36H,1,6-13H2. The normalized spacial score (nSPS) is 15.6. The smallest absolute Gasteiger partial charge is 0.404 e. The molecule has 214 valence electrons. The first kappa shape index (κ1) is 28.6. The first-order valence-corrected chi connectivity index (χ1v) is 14.2. The van der Waals surface area contributed by atoms with Gasteiger partial charge in [0.15, 0.2) is 5.82 Å². The number of amides is 2. The maximum atomic E-state index is 16.2. The number of ether oxygens (including phenoxy) is 1. The van der Waals surface area contributed by atoms with Crippen molar-refractivity contribution in [2.75, 3.05) is 55.7 Å². The number of rotatable bonds is 4. The number of esters is 1. The molecule has 2 saturated heterocycles. The van der Waals surface area contributed by atoms with E-state index in [1.807, 2.05) is 0 Å². The number of carbonyl (C=O) groups excluding carboxylic acids is 3. The minimum absolute atomic E-state index is 0.120. The Balaban J connectivity index is 1.60. The fourth-order valence-corrected chi connectivity index (χ4v) is 5.92. The van der Waals surface area contributed by atoms with E-state index in [0.29, 0.717) is 37.7 Å². The summed E-state index contributed by atoms with van der Waals surface area (Å²) in [6, 6.07) is 4.23. The van der Waals surface area contributed by atoms with Crippen molar-refractivity contribution in [3.63, 3.8) is 0 Å². The summed E-state index contributed by atoms with van der Waals surface area (Å²) < 4.78 is 36.1. The highest BCUT2D eigenvalue weighted by molar-refractivity contribution is 7.99. The van der Waals surface area contributed by atoms with Gasteiger partial charge in [-0.2, -0.15) is 21.7 Å². The van der Waals surface area contributed by atoms with Gasteiger partial charge in [0, 0.05) is 61.7 Å². The molecule has 2 aliphatic heterocycles. The summed E-state index contributed by atoms with van der Waals surface area (Å²) in [5.74, 6) is -3.42. The number of nitrogens with zero attached hydrogens (tertiary/aromatic N) is 5. The summed E-state index contributed by atoms with van der Waals surface area (Å²) >= 11 is 8.10. The van der Waals surface area contributed by atoms with Crippen LogP contribution in [0.2, 0.25) is 5.02 Å². The summed E-state index contributed by atoms with van der Waals surface area (Å²) in [6.07, 6.45) is 1.21. The van der Waals surface area contributed by atoms with Crippen LogP contribution >= 0.6 is 23.4 Å². The number of phenols is 1. The molecule has 0 spiro atoms. The van der Waals surface area contributed by atoms with Gasteiger partial charge in [-0.15, -0.1) is 0 Å². The number of anilines is 1. The van der Waals surface area contributed by atoms with Gasteiger partial charge in [0.05, 0.1) is 10.6 Å². The van der Waals surface area contributed by atoms with Gasteiger partial charge >= 0.3 is 17.9 Å². The molecule has 5 rings (SSSR count). The van der Waals surface area contributed by atoms with Gasteiger partial charge in [0.1, 0.15) is 22.9 Å². The van der Waals surface area contributed by atoms with Crippen LogP contribution in [0, 0.1) is 11.6 Å². The average molecular weight is 604 g/mol. The van der Waals surface area contributed by atoms with Gasteiger partial charge in [0.2, 0.25) is 5.91 Å². The first-order chi connectivity index (χ1) is 19.7. The molecule has 2 fully saturated rings. The molecule has 14 heteroatoms. The Morgan fingerprint density at radius 3 is 2.39 bits per heavy atom. The molecule has 10 nitrogen and oxygen atoms in total. The molecule has 0 aliphatic carbocycles. The number of carbonyl (C=O) groups is 3. The number of piperazine rings is 1. The van der Waals surface area contributed by atoms with Crippen LogP contribution in [-0.4, -0.2) is 93.4 Å². The van der Waals surface area contributed by atoms with E-state index in [9.17, 15) is 23.9 Å². The topological polar surface area (TPSA) is 116 Å². The van der Waals surface area contributed by atoms with Crippen molar-refractivity contribution in [2.24, 2.45) is 0 Å². The van der Waals surface area contributed by atoms with Gasteiger partial charge in [-0.05, 0) is 24.3 Å². The predicted octanol–water partition coefficient (Wildman–Crippen LogP) is 3.25. The molecule has 0 atom stereocenters. The number of benzene rings is 2. The summed E-state index contributed by atoms with van der Waals surface area (Å²) in [5, 5.41) is 10.2. The molecular formula is C27H24ClF2N5O5S. The van der Waals surface area contributed by atoms with Crippen LogP contribution in [0.1, 0.15) is 0 Å². The number of hydrogen-bond donors (Lipinski definition) is 1. The van der Waals surface area contributed by atoms with Crippen LogP contribution < -0.4 is 9.64 Å². The molecule has 3 aromatic rings. The monoisotopic (exact) mass is 603 g/mol. The molecule has 3 heterocycles. The lowest BCUT2D eigenvalue weighted by Crippen LogP contribution is -2.48. The Kier molecular flexibility index (Phi) is 8.27. The third-order valence-corrected chi connectivity index (χ3v) is 8.05. The predicted molar refractivity (Wildman–Crippen MR) is 150 cm³/mol. The molecule has 0 bridgehead atoms. The Morgan fingerprint density at radius 1 is 1.02 bits per heavy atom. The van der Waals surface area contributed by atoms with Crippen LogP contribution in [0.5, 0.6) is 11.8 Å². The van der Waals surface area contributed by atoms with E-state index in [2.05, 4.69) is 16.5 Å². The van der Waals surface area contributed by atoms with E-state index in [-0.39, 0.29) is 40.7 Å². The molecule has 1 aromatic heterocycles. The zero-order valence-electron chi connectivity index (χ0n) is 21.6. The minimum atomic E-state index is -1.23. The summed E-state index contributed by atoms with van der Waals surface area (Å²) in [4.78, 5) is 50.5. The second-order valence-electron chi connectivity index (χ2n) is 9.22. The van der Waals surface area contributed by atoms with Crippen molar-refractivity contribution < 1.29 is 33.0 Å². The van der Waals surface area contributed by atoms with Crippen LogP contribution in [0.3, 0.4) is 0 Å². The largest absolute Gasteiger partial charge is 0.507 e. The van der Waals surface area contributed by atoms with Gasteiger partial charge in [-0.1, -0.05) is 24.2 Å². The van der Waals surface area contributed by atoms with Crippen molar-refractivity contribution >= 4 is 57.9 Å². The highest BCUT2D eigenvalue weighted by Crippen LogP contribution is 2.42. The van der Waals surface area contributed by atoms with E-state index < -0.39 is 46.4 Å². The Hall–Kier alpha value is -3.97. The fraction of sp³-hybridized carbons (Fsp3) is 0.296. The fourth-order valence-electron chi connectivity index (χ4n) is 4.73. The van der Waals surface area contributed by atoms with Gasteiger partial charge in [0.25, 0.3) is 0 Å². The summed E-state index contributed by atoms with van der Waals surface area (Å²) in [7, 11) is 0. The molecule has 2 aliphatic rings. The van der Waals surface area contributed by atoms with Crippen molar-refractivity contribution in [3.8, 4) is 22.9 Å². The number of phenolic OH excluding ortho intramolecular Hbond substituents is 1. The molecular weight excluding hydrogens is 580 g/mol. The lowest BCUT2D eigenvalue weighted by Gasteiger charge is -2.35. The number of halogens is 3. The minimum Gasteiger partial charge on any atom is -0.507 e. The third-order valence-electron chi connectivity index (χ3n) is 6.81. The van der Waals surface area contributed by atoms with Crippen LogP contribution in [0.25, 0.3) is 22.0 Å². The molecule has 41 heavy (non-hydrogen) atoms. The number of hydrogen-bond acceptors (Lipinski definition) is 9. The van der Waals surface area contributed by atoms with Gasteiger partial charge in [-0.3, -0.25) is 9.59 Å². The van der Waals surface area contributed by atoms with E-state index in [1.165, 1.54) is 29.2 Å². The van der Waals surface area contributed by atoms with Crippen LogP contribution in [-0.2, 0) is 14.4 Å². The van der Waals surface area contributed by atoms with Crippen molar-refractivity contribution in [1.29, 1.82) is 0 Å². The van der Waals surface area contributed by atoms with Crippen molar-refractivity contribution in [3.05, 3.63) is 53.6 Å². The number of aromatic nitrogens is 2. The Morgan fingerprint density at radius 2 is 1.73 bits per heavy atom. The van der Waals surface area contributed by atoms with E-state index >= 15 is 4.39 Å². The Bertz CT molecular complexity index is 1540. The molecule has 0 saturated carbocycles. The highest BCUT2D eigenvalue weighted by Gasteiger charge is 2.30. The number of aromatic hydroxyl groups is 1. The summed E-state index contributed by atoms with van der Waals surface area (Å²) in [6.45, 7) is 5.40. The lowest BCUT2D eigenvalue weighted by molar-refractivity contribution is -0.154. The number of fused-ring (bicyclic) bond motifs is 1. The summed E-state index contributed by atoms with van der Waals surface area (Å²) in [5.41, 5.74) is -1.28. The van der Waals surface area contributed by atoms with E-state index in [1.54, 1.807) is 21.6 Å². The molecule has 0 radical (unpaired) electrons. The first-order valence-electron chi connectivity index (χ1n) is 12.6. The Labute approximate surface area is 242 Å². The zero-order valence-corrected chi connectivity index (χ0v) is 23.2. The zero-order chi connectivity index (χ0) is 29.3. The molecule has 2 aromatic carbocycles. The average Bonchev–Trinajstić information content (AvgIpc) is 2.98. The third kappa shape index (κ3) is 5.64. The van der Waals surface area contributed by atoms with Crippen molar-refractivity contribution in [2.45, 2.75) is 0 Å². The maximum Gasteiger partial charge on any atom is 0.404 e. The van der Waals surface area contributed by atoms with E-state index in [4.69, 9.17) is 16.3 Å². The van der Waals surface area contributed by atoms with Gasteiger partial charge in [-0.25, -0.2) is 13.6 Å². The second kappa shape index (κ2) is 11.9.